The van der Waals surface area contributed by atoms with Gasteiger partial charge in [0.15, 0.2) is 0 Å². The molecule has 1 aliphatic rings. The number of hydrogen-bond acceptors (Lipinski definition) is 3. The highest BCUT2D eigenvalue weighted by atomic mass is 16.5. The minimum absolute atomic E-state index is 0.0123. The SMILES string of the molecule is COc1cc[nH]c1C=C1C(=O)Nc2cccc(C#CCCC(=O)O)c21. The average molecular weight is 336 g/mol. The number of benzene rings is 1. The summed E-state index contributed by atoms with van der Waals surface area (Å²) in [5.74, 6) is 5.36. The highest BCUT2D eigenvalue weighted by Crippen LogP contribution is 2.36. The van der Waals surface area contributed by atoms with E-state index in [4.69, 9.17) is 9.84 Å². The van der Waals surface area contributed by atoms with Gasteiger partial charge in [-0.05, 0) is 24.3 Å². The number of carboxylic acids is 1. The maximum atomic E-state index is 12.4. The van der Waals surface area contributed by atoms with Crippen molar-refractivity contribution < 1.29 is 19.4 Å². The first-order valence-electron chi connectivity index (χ1n) is 7.68. The van der Waals surface area contributed by atoms with E-state index in [-0.39, 0.29) is 18.7 Å². The Labute approximate surface area is 144 Å². The van der Waals surface area contributed by atoms with Crippen LogP contribution < -0.4 is 10.1 Å². The van der Waals surface area contributed by atoms with E-state index in [2.05, 4.69) is 22.1 Å². The van der Waals surface area contributed by atoms with Crippen LogP contribution in [-0.2, 0) is 9.59 Å². The zero-order valence-electron chi connectivity index (χ0n) is 13.6. The summed E-state index contributed by atoms with van der Waals surface area (Å²) in [5, 5.41) is 11.5. The number of nitrogens with one attached hydrogen (secondary N) is 2. The third kappa shape index (κ3) is 3.40. The number of amides is 1. The van der Waals surface area contributed by atoms with Crippen molar-refractivity contribution in [3.63, 3.8) is 0 Å². The fourth-order valence-corrected chi connectivity index (χ4v) is 2.62. The Kier molecular flexibility index (Phi) is 4.57. The Morgan fingerprint density at radius 2 is 2.20 bits per heavy atom. The summed E-state index contributed by atoms with van der Waals surface area (Å²) >= 11 is 0. The molecule has 1 aromatic carbocycles. The van der Waals surface area contributed by atoms with Crippen LogP contribution in [0.3, 0.4) is 0 Å². The summed E-state index contributed by atoms with van der Waals surface area (Å²) < 4.78 is 5.26. The van der Waals surface area contributed by atoms with E-state index in [9.17, 15) is 9.59 Å². The lowest BCUT2D eigenvalue weighted by Crippen LogP contribution is -2.03. The lowest BCUT2D eigenvalue weighted by atomic mass is 9.99. The van der Waals surface area contributed by atoms with Crippen molar-refractivity contribution in [2.75, 3.05) is 12.4 Å². The van der Waals surface area contributed by atoms with Gasteiger partial charge in [-0.15, -0.1) is 0 Å². The van der Waals surface area contributed by atoms with Crippen molar-refractivity contribution >= 4 is 29.2 Å². The molecule has 0 unspecified atom stereocenters. The van der Waals surface area contributed by atoms with Gasteiger partial charge in [0.1, 0.15) is 5.75 Å². The molecule has 25 heavy (non-hydrogen) atoms. The molecule has 1 aliphatic heterocycles. The van der Waals surface area contributed by atoms with Crippen molar-refractivity contribution in [3.05, 3.63) is 47.3 Å². The van der Waals surface area contributed by atoms with Crippen molar-refractivity contribution in [3.8, 4) is 17.6 Å². The molecule has 1 amide bonds. The minimum atomic E-state index is -0.885. The zero-order chi connectivity index (χ0) is 17.8. The first-order chi connectivity index (χ1) is 12.1. The predicted octanol–water partition coefficient (Wildman–Crippen LogP) is 2.73. The smallest absolute Gasteiger partial charge is 0.304 e. The Hall–Kier alpha value is -3.46. The quantitative estimate of drug-likeness (QED) is 0.591. The number of aromatic nitrogens is 1. The van der Waals surface area contributed by atoms with Crippen LogP contribution in [0.1, 0.15) is 29.7 Å². The van der Waals surface area contributed by atoms with E-state index < -0.39 is 5.97 Å². The van der Waals surface area contributed by atoms with Gasteiger partial charge in [-0.25, -0.2) is 0 Å². The van der Waals surface area contributed by atoms with E-state index in [1.807, 2.05) is 12.1 Å². The van der Waals surface area contributed by atoms with Gasteiger partial charge < -0.3 is 20.1 Å². The van der Waals surface area contributed by atoms with Crippen LogP contribution in [-0.4, -0.2) is 29.1 Å². The predicted molar refractivity (Wildman–Crippen MR) is 94.0 cm³/mol. The van der Waals surface area contributed by atoms with E-state index in [1.165, 1.54) is 0 Å². The minimum Gasteiger partial charge on any atom is -0.495 e. The van der Waals surface area contributed by atoms with Gasteiger partial charge in [0, 0.05) is 23.7 Å². The summed E-state index contributed by atoms with van der Waals surface area (Å²) in [5.41, 5.74) is 3.25. The molecule has 0 fully saturated rings. The monoisotopic (exact) mass is 336 g/mol. The van der Waals surface area contributed by atoms with E-state index in [1.54, 1.807) is 31.5 Å². The molecule has 6 nitrogen and oxygen atoms in total. The van der Waals surface area contributed by atoms with Gasteiger partial charge in [0.25, 0.3) is 5.91 Å². The largest absolute Gasteiger partial charge is 0.495 e. The molecule has 0 saturated heterocycles. The Balaban J connectivity index is 2.00. The molecule has 1 aromatic heterocycles. The van der Waals surface area contributed by atoms with Gasteiger partial charge in [-0.1, -0.05) is 17.9 Å². The summed E-state index contributed by atoms with van der Waals surface area (Å²) in [6, 6.07) is 7.20. The molecule has 3 rings (SSSR count). The van der Waals surface area contributed by atoms with Crippen molar-refractivity contribution in [1.29, 1.82) is 0 Å². The van der Waals surface area contributed by atoms with Crippen LogP contribution in [0.5, 0.6) is 5.75 Å². The Morgan fingerprint density at radius 3 is 2.96 bits per heavy atom. The Morgan fingerprint density at radius 1 is 1.36 bits per heavy atom. The molecule has 0 spiro atoms. The maximum absolute atomic E-state index is 12.4. The highest BCUT2D eigenvalue weighted by molar-refractivity contribution is 6.35. The average Bonchev–Trinajstić information content (AvgIpc) is 3.16. The van der Waals surface area contributed by atoms with Gasteiger partial charge >= 0.3 is 5.97 Å². The number of carbonyl (C=O) groups is 2. The highest BCUT2D eigenvalue weighted by Gasteiger charge is 2.26. The molecular weight excluding hydrogens is 320 g/mol. The van der Waals surface area contributed by atoms with Crippen LogP contribution >= 0.6 is 0 Å². The standard InChI is InChI=1S/C19H16N2O4/c1-25-16-9-10-20-15(16)11-13-18-12(5-2-3-8-17(22)23)6-4-7-14(18)21-19(13)24/h4,6-7,9-11,20H,3,8H2,1H3,(H,21,24)(H,22,23). The second-order valence-electron chi connectivity index (χ2n) is 5.40. The molecule has 0 saturated carbocycles. The lowest BCUT2D eigenvalue weighted by molar-refractivity contribution is -0.136. The van der Waals surface area contributed by atoms with Crippen molar-refractivity contribution in [2.45, 2.75) is 12.8 Å². The van der Waals surface area contributed by atoms with Gasteiger partial charge in [0.05, 0.1) is 30.5 Å². The van der Waals surface area contributed by atoms with Crippen LogP contribution in [0.4, 0.5) is 5.69 Å². The molecule has 126 valence electrons. The number of methoxy groups -OCH3 is 1. The zero-order valence-corrected chi connectivity index (χ0v) is 13.6. The summed E-state index contributed by atoms with van der Waals surface area (Å²) in [4.78, 5) is 26.0. The van der Waals surface area contributed by atoms with Gasteiger partial charge in [-0.2, -0.15) is 0 Å². The number of aromatic amines is 1. The number of ether oxygens (including phenoxy) is 1. The van der Waals surface area contributed by atoms with Crippen LogP contribution in [0, 0.1) is 11.8 Å². The fourth-order valence-electron chi connectivity index (χ4n) is 2.62. The fraction of sp³-hybridized carbons (Fsp3) is 0.158. The number of hydrogen-bond donors (Lipinski definition) is 3. The van der Waals surface area contributed by atoms with Gasteiger partial charge in [0.2, 0.25) is 0 Å². The van der Waals surface area contributed by atoms with Crippen LogP contribution in [0.25, 0.3) is 11.6 Å². The molecule has 3 N–H and O–H groups in total. The second-order valence-corrected chi connectivity index (χ2v) is 5.40. The normalized spacial score (nSPS) is 13.8. The maximum Gasteiger partial charge on any atom is 0.304 e. The molecule has 0 aliphatic carbocycles. The first-order valence-corrected chi connectivity index (χ1v) is 7.68. The van der Waals surface area contributed by atoms with Crippen molar-refractivity contribution in [2.24, 2.45) is 0 Å². The topological polar surface area (TPSA) is 91.4 Å². The third-order valence-electron chi connectivity index (χ3n) is 3.76. The molecule has 0 radical (unpaired) electrons. The molecular formula is C19H16N2O4. The molecule has 6 heteroatoms. The molecule has 2 aromatic rings. The number of carboxylic acid groups (broad SMARTS) is 1. The number of anilines is 1. The first kappa shape index (κ1) is 16.4. The number of fused-ring (bicyclic) bond motifs is 1. The third-order valence-corrected chi connectivity index (χ3v) is 3.76. The van der Waals surface area contributed by atoms with E-state index >= 15 is 0 Å². The van der Waals surface area contributed by atoms with Crippen molar-refractivity contribution in [1.82, 2.24) is 4.98 Å². The molecule has 2 heterocycles. The summed E-state index contributed by atoms with van der Waals surface area (Å²) in [7, 11) is 1.56. The summed E-state index contributed by atoms with van der Waals surface area (Å²) in [6.07, 6.45) is 3.70. The van der Waals surface area contributed by atoms with Crippen LogP contribution in [0.15, 0.2) is 30.5 Å². The molecule has 0 bridgehead atoms. The van der Waals surface area contributed by atoms with E-state index in [0.717, 1.165) is 0 Å². The Bertz CT molecular complexity index is 928. The number of H-pyrrole nitrogens is 1. The number of carbonyl (C=O) groups excluding carboxylic acids is 1. The lowest BCUT2D eigenvalue weighted by Gasteiger charge is -2.03. The van der Waals surface area contributed by atoms with Gasteiger partial charge in [-0.3, -0.25) is 9.59 Å². The molecule has 0 atom stereocenters. The van der Waals surface area contributed by atoms with Crippen LogP contribution in [0.2, 0.25) is 0 Å². The van der Waals surface area contributed by atoms with E-state index in [0.29, 0.717) is 33.8 Å². The summed E-state index contributed by atoms with van der Waals surface area (Å²) in [6.45, 7) is 0. The second kappa shape index (κ2) is 6.97. The number of aliphatic carboxylic acids is 1. The number of rotatable bonds is 4.